The highest BCUT2D eigenvalue weighted by molar-refractivity contribution is 5.70. The van der Waals surface area contributed by atoms with Gasteiger partial charge in [0.2, 0.25) is 0 Å². The quantitative estimate of drug-likeness (QED) is 0.575. The van der Waals surface area contributed by atoms with E-state index in [1.165, 1.54) is 6.07 Å². The Kier molecular flexibility index (Phi) is 6.65. The van der Waals surface area contributed by atoms with Crippen LogP contribution in [0, 0.1) is 0 Å². The number of carbonyl (C=O) groups is 1. The van der Waals surface area contributed by atoms with Gasteiger partial charge < -0.3 is 19.3 Å². The molecular formula is C27H30N2O4. The molecule has 1 aliphatic rings. The van der Waals surface area contributed by atoms with Gasteiger partial charge in [-0.2, -0.15) is 0 Å². The average molecular weight is 447 g/mol. The van der Waals surface area contributed by atoms with Crippen LogP contribution < -0.4 is 5.56 Å². The Morgan fingerprint density at radius 1 is 1.00 bits per heavy atom. The molecule has 1 aliphatic heterocycles. The Labute approximate surface area is 194 Å². The van der Waals surface area contributed by atoms with Gasteiger partial charge in [0, 0.05) is 32.7 Å². The number of rotatable bonds is 7. The molecule has 0 aliphatic carbocycles. The smallest absolute Gasteiger partial charge is 0.411 e. The van der Waals surface area contributed by atoms with Crippen molar-refractivity contribution >= 4 is 6.09 Å². The van der Waals surface area contributed by atoms with Crippen LogP contribution >= 0.6 is 0 Å². The van der Waals surface area contributed by atoms with Crippen molar-refractivity contribution in [3.05, 3.63) is 94.3 Å². The molecule has 4 rings (SSSR count). The first-order valence-electron chi connectivity index (χ1n) is 11.4. The maximum absolute atomic E-state index is 13.1. The van der Waals surface area contributed by atoms with Gasteiger partial charge in [0.25, 0.3) is 5.56 Å². The molecule has 1 amide bonds. The Balaban J connectivity index is 1.53. The lowest BCUT2D eigenvalue weighted by atomic mass is 9.84. The Morgan fingerprint density at radius 2 is 1.73 bits per heavy atom. The van der Waals surface area contributed by atoms with Crippen LogP contribution in [0.2, 0.25) is 0 Å². The van der Waals surface area contributed by atoms with E-state index in [1.54, 1.807) is 22.6 Å². The van der Waals surface area contributed by atoms with E-state index < -0.39 is 5.60 Å². The van der Waals surface area contributed by atoms with Crippen molar-refractivity contribution in [3.8, 4) is 11.3 Å². The van der Waals surface area contributed by atoms with Gasteiger partial charge in [0.15, 0.2) is 0 Å². The number of aliphatic hydroxyl groups is 1. The summed E-state index contributed by atoms with van der Waals surface area (Å²) in [5, 5.41) is 9.38. The zero-order valence-corrected chi connectivity index (χ0v) is 19.1. The summed E-state index contributed by atoms with van der Waals surface area (Å²) < 4.78 is 7.70. The van der Waals surface area contributed by atoms with Gasteiger partial charge in [-0.3, -0.25) is 4.79 Å². The number of aliphatic hydroxyl groups excluding tert-OH is 1. The standard InChI is InChI=1S/C27H30N2O4/c1-20(21-12-14-22(15-13-21)24-10-6-11-25(31)28(24)2)29-18-17-27(16-7-19-30,33-26(29)32)23-8-4-3-5-9-23/h3-6,8-15,20,30H,7,16-19H2,1-2H3/t20?,27-/m1/s1. The molecule has 2 aromatic carbocycles. The molecule has 1 saturated heterocycles. The van der Waals surface area contributed by atoms with Crippen molar-refractivity contribution in [1.29, 1.82) is 0 Å². The van der Waals surface area contributed by atoms with Gasteiger partial charge in [-0.05, 0) is 42.5 Å². The molecule has 0 radical (unpaired) electrons. The molecule has 6 heteroatoms. The minimum absolute atomic E-state index is 0.0518. The number of hydrogen-bond acceptors (Lipinski definition) is 4. The number of cyclic esters (lactones) is 1. The van der Waals surface area contributed by atoms with Crippen LogP contribution in [0.3, 0.4) is 0 Å². The molecule has 1 aromatic heterocycles. The van der Waals surface area contributed by atoms with E-state index in [4.69, 9.17) is 4.74 Å². The van der Waals surface area contributed by atoms with Crippen LogP contribution in [0.25, 0.3) is 11.3 Å². The third kappa shape index (κ3) is 4.57. The molecule has 33 heavy (non-hydrogen) atoms. The van der Waals surface area contributed by atoms with Gasteiger partial charge in [0.1, 0.15) is 5.60 Å². The molecule has 1 fully saturated rings. The fourth-order valence-electron chi connectivity index (χ4n) is 4.62. The number of hydrogen-bond donors (Lipinski definition) is 1. The molecule has 0 bridgehead atoms. The number of pyridine rings is 1. The number of ether oxygens (including phenoxy) is 1. The van der Waals surface area contributed by atoms with Gasteiger partial charge in [-0.25, -0.2) is 4.79 Å². The van der Waals surface area contributed by atoms with E-state index in [0.29, 0.717) is 25.8 Å². The summed E-state index contributed by atoms with van der Waals surface area (Å²) in [5.41, 5.74) is 2.99. The average Bonchev–Trinajstić information content (AvgIpc) is 2.85. The fraction of sp³-hybridized carbons (Fsp3) is 0.333. The van der Waals surface area contributed by atoms with Crippen molar-refractivity contribution in [1.82, 2.24) is 9.47 Å². The summed E-state index contributed by atoms with van der Waals surface area (Å²) in [6, 6.07) is 22.8. The lowest BCUT2D eigenvalue weighted by Gasteiger charge is -2.43. The van der Waals surface area contributed by atoms with Gasteiger partial charge >= 0.3 is 6.09 Å². The van der Waals surface area contributed by atoms with E-state index in [0.717, 1.165) is 22.4 Å². The number of aromatic nitrogens is 1. The molecule has 172 valence electrons. The van der Waals surface area contributed by atoms with Crippen molar-refractivity contribution < 1.29 is 14.6 Å². The second-order valence-electron chi connectivity index (χ2n) is 8.61. The van der Waals surface area contributed by atoms with Crippen molar-refractivity contribution in [2.24, 2.45) is 7.05 Å². The van der Waals surface area contributed by atoms with Crippen molar-refractivity contribution in [3.63, 3.8) is 0 Å². The third-order valence-corrected chi connectivity index (χ3v) is 6.65. The second kappa shape index (κ2) is 9.63. The lowest BCUT2D eigenvalue weighted by molar-refractivity contribution is -0.0680. The minimum atomic E-state index is -0.709. The summed E-state index contributed by atoms with van der Waals surface area (Å²) in [6.07, 6.45) is 1.48. The molecule has 1 unspecified atom stereocenters. The molecule has 2 atom stereocenters. The van der Waals surface area contributed by atoms with Crippen LogP contribution in [-0.4, -0.2) is 33.8 Å². The molecular weight excluding hydrogens is 416 g/mol. The summed E-state index contributed by atoms with van der Waals surface area (Å²) >= 11 is 0. The molecule has 6 nitrogen and oxygen atoms in total. The fourth-order valence-corrected chi connectivity index (χ4v) is 4.62. The first-order valence-corrected chi connectivity index (χ1v) is 11.4. The van der Waals surface area contributed by atoms with Gasteiger partial charge in [-0.1, -0.05) is 60.7 Å². The van der Waals surface area contributed by atoms with Crippen molar-refractivity contribution in [2.75, 3.05) is 13.2 Å². The number of amides is 1. The zero-order valence-electron chi connectivity index (χ0n) is 19.1. The van der Waals surface area contributed by atoms with Gasteiger partial charge in [-0.15, -0.1) is 0 Å². The maximum Gasteiger partial charge on any atom is 0.411 e. The molecule has 1 N–H and O–H groups in total. The van der Waals surface area contributed by atoms with Crippen LogP contribution in [-0.2, 0) is 17.4 Å². The number of benzene rings is 2. The Bertz CT molecular complexity index is 1160. The lowest BCUT2D eigenvalue weighted by Crippen LogP contribution is -2.48. The molecule has 3 aromatic rings. The predicted octanol–water partition coefficient (Wildman–Crippen LogP) is 4.62. The second-order valence-corrected chi connectivity index (χ2v) is 8.61. The van der Waals surface area contributed by atoms with Crippen molar-refractivity contribution in [2.45, 2.75) is 37.8 Å². The van der Waals surface area contributed by atoms with Crippen LogP contribution in [0.5, 0.6) is 0 Å². The van der Waals surface area contributed by atoms with Crippen LogP contribution in [0.4, 0.5) is 4.79 Å². The maximum atomic E-state index is 13.1. The summed E-state index contributed by atoms with van der Waals surface area (Å²) in [6.45, 7) is 2.62. The molecule has 2 heterocycles. The van der Waals surface area contributed by atoms with E-state index in [2.05, 4.69) is 0 Å². The van der Waals surface area contributed by atoms with E-state index in [1.807, 2.05) is 67.6 Å². The van der Waals surface area contributed by atoms with Crippen LogP contribution in [0.15, 0.2) is 77.6 Å². The van der Waals surface area contributed by atoms with E-state index in [9.17, 15) is 14.7 Å². The SMILES string of the molecule is CC(c1ccc(-c2cccc(=O)n2C)cc1)N1CC[C@](CCCO)(c2ccccc2)OC1=O. The monoisotopic (exact) mass is 446 g/mol. The summed E-state index contributed by atoms with van der Waals surface area (Å²) in [5.74, 6) is 0. The number of nitrogens with zero attached hydrogens (tertiary/aromatic N) is 2. The van der Waals surface area contributed by atoms with E-state index >= 15 is 0 Å². The molecule has 0 spiro atoms. The minimum Gasteiger partial charge on any atom is -0.438 e. The van der Waals surface area contributed by atoms with Gasteiger partial charge in [0.05, 0.1) is 11.7 Å². The Morgan fingerprint density at radius 3 is 2.39 bits per heavy atom. The largest absolute Gasteiger partial charge is 0.438 e. The predicted molar refractivity (Wildman–Crippen MR) is 128 cm³/mol. The first kappa shape index (κ1) is 22.8. The third-order valence-electron chi connectivity index (χ3n) is 6.65. The summed E-state index contributed by atoms with van der Waals surface area (Å²) in [4.78, 5) is 26.8. The number of carbonyl (C=O) groups excluding carboxylic acids is 1. The molecule has 0 saturated carbocycles. The highest BCUT2D eigenvalue weighted by Crippen LogP contribution is 2.40. The van der Waals surface area contributed by atoms with E-state index in [-0.39, 0.29) is 24.3 Å². The van der Waals surface area contributed by atoms with Crippen LogP contribution in [0.1, 0.15) is 43.4 Å². The zero-order chi connectivity index (χ0) is 23.4. The first-order chi connectivity index (χ1) is 15.9. The Hall–Kier alpha value is -3.38. The normalized spacial score (nSPS) is 19.2. The topological polar surface area (TPSA) is 71.8 Å². The highest BCUT2D eigenvalue weighted by Gasteiger charge is 2.43. The highest BCUT2D eigenvalue weighted by atomic mass is 16.6. The summed E-state index contributed by atoms with van der Waals surface area (Å²) in [7, 11) is 1.76.